The van der Waals surface area contributed by atoms with Crippen LogP contribution in [0.15, 0.2) is 0 Å². The molecule has 1 aliphatic carbocycles. The normalized spacial score (nSPS) is 21.8. The molecular formula is C7H14OS3. The van der Waals surface area contributed by atoms with E-state index < -0.39 is 5.60 Å². The van der Waals surface area contributed by atoms with E-state index in [9.17, 15) is 5.11 Å². The molecule has 0 aromatic carbocycles. The fraction of sp³-hybridized carbons (Fsp3) is 1.00. The van der Waals surface area contributed by atoms with E-state index in [2.05, 4.69) is 18.8 Å². The average molecular weight is 210 g/mol. The van der Waals surface area contributed by atoms with E-state index in [1.165, 1.54) is 0 Å². The predicted molar refractivity (Wildman–Crippen MR) is 57.5 cm³/mol. The van der Waals surface area contributed by atoms with Crippen LogP contribution in [0, 0.1) is 0 Å². The fourth-order valence-electron chi connectivity index (χ4n) is 1.24. The summed E-state index contributed by atoms with van der Waals surface area (Å²) in [7, 11) is 0. The molecule has 0 radical (unpaired) electrons. The smallest absolute Gasteiger partial charge is 0.135 e. The van der Waals surface area contributed by atoms with Crippen LogP contribution in [0.4, 0.5) is 0 Å². The van der Waals surface area contributed by atoms with Crippen molar-refractivity contribution in [3.05, 3.63) is 0 Å². The number of rotatable bonds is 4. The average Bonchev–Trinajstić information content (AvgIpc) is 2.74. The Kier molecular flexibility index (Phi) is 3.12. The second-order valence-electron chi connectivity index (χ2n) is 2.70. The summed E-state index contributed by atoms with van der Waals surface area (Å²) >= 11 is 5.29. The van der Waals surface area contributed by atoms with Crippen LogP contribution in [-0.4, -0.2) is 32.9 Å². The third-order valence-electron chi connectivity index (χ3n) is 2.10. The van der Waals surface area contributed by atoms with E-state index >= 15 is 0 Å². The maximum Gasteiger partial charge on any atom is 0.135 e. The third kappa shape index (κ3) is 1.55. The van der Waals surface area contributed by atoms with Crippen molar-refractivity contribution in [3.63, 3.8) is 0 Å². The van der Waals surface area contributed by atoms with Gasteiger partial charge in [0.05, 0.1) is 5.60 Å². The van der Waals surface area contributed by atoms with Crippen LogP contribution in [0.2, 0.25) is 0 Å². The highest BCUT2D eigenvalue weighted by molar-refractivity contribution is 8.33. The zero-order chi connectivity index (χ0) is 8.54. The van der Waals surface area contributed by atoms with Crippen molar-refractivity contribution in [2.75, 3.05) is 18.8 Å². The highest BCUT2D eigenvalue weighted by Gasteiger charge is 2.58. The maximum absolute atomic E-state index is 9.98. The number of hydrogen-bond acceptors (Lipinski definition) is 4. The maximum atomic E-state index is 9.98. The Morgan fingerprint density at radius 1 is 1.09 bits per heavy atom. The molecule has 0 amide bonds. The molecule has 0 heterocycles. The van der Waals surface area contributed by atoms with Crippen molar-refractivity contribution >= 4 is 35.3 Å². The molecule has 11 heavy (non-hydrogen) atoms. The van der Waals surface area contributed by atoms with Crippen molar-refractivity contribution in [3.8, 4) is 0 Å². The van der Waals surface area contributed by atoms with Gasteiger partial charge in [0.1, 0.15) is 3.41 Å². The molecule has 1 rings (SSSR count). The van der Waals surface area contributed by atoms with Crippen LogP contribution in [0.1, 0.15) is 12.8 Å². The highest BCUT2D eigenvalue weighted by atomic mass is 32.3. The lowest BCUT2D eigenvalue weighted by Gasteiger charge is -2.33. The molecule has 4 heteroatoms. The summed E-state index contributed by atoms with van der Waals surface area (Å²) in [5, 5.41) is 9.98. The van der Waals surface area contributed by atoms with Crippen molar-refractivity contribution in [2.45, 2.75) is 21.9 Å². The van der Waals surface area contributed by atoms with Gasteiger partial charge in [-0.05, 0) is 31.6 Å². The molecule has 0 atom stereocenters. The summed E-state index contributed by atoms with van der Waals surface area (Å²) in [6.07, 6.45) is 8.15. The largest absolute Gasteiger partial charge is 0.387 e. The minimum Gasteiger partial charge on any atom is -0.387 e. The molecule has 1 fully saturated rings. The van der Waals surface area contributed by atoms with Gasteiger partial charge in [0.25, 0.3) is 0 Å². The Bertz CT molecular complexity index is 132. The SMILES string of the molecule is CSC(SC)(SC)C1(O)CC1. The highest BCUT2D eigenvalue weighted by Crippen LogP contribution is 2.60. The van der Waals surface area contributed by atoms with Gasteiger partial charge in [-0.3, -0.25) is 0 Å². The molecule has 0 aromatic rings. The summed E-state index contributed by atoms with van der Waals surface area (Å²) in [6, 6.07) is 0. The van der Waals surface area contributed by atoms with Gasteiger partial charge in [-0.25, -0.2) is 0 Å². The lowest BCUT2D eigenvalue weighted by Crippen LogP contribution is -2.33. The van der Waals surface area contributed by atoms with Gasteiger partial charge in [-0.2, -0.15) is 0 Å². The van der Waals surface area contributed by atoms with E-state index in [0.29, 0.717) is 0 Å². The quantitative estimate of drug-likeness (QED) is 0.718. The van der Waals surface area contributed by atoms with E-state index in [0.717, 1.165) is 12.8 Å². The molecule has 0 spiro atoms. The van der Waals surface area contributed by atoms with Gasteiger partial charge >= 0.3 is 0 Å². The minimum atomic E-state index is -0.398. The van der Waals surface area contributed by atoms with Gasteiger partial charge in [0, 0.05) is 0 Å². The third-order valence-corrected chi connectivity index (χ3v) is 7.85. The molecule has 0 bridgehead atoms. The lowest BCUT2D eigenvalue weighted by molar-refractivity contribution is 0.161. The monoisotopic (exact) mass is 210 g/mol. The Morgan fingerprint density at radius 3 is 1.55 bits per heavy atom. The number of hydrogen-bond donors (Lipinski definition) is 1. The standard InChI is InChI=1S/C7H14OS3/c1-9-7(10-2,11-3)6(8)4-5-6/h8H,4-5H2,1-3H3. The molecule has 0 unspecified atom stereocenters. The summed E-state index contributed by atoms with van der Waals surface area (Å²) in [4.78, 5) is 0. The molecule has 1 nitrogen and oxygen atoms in total. The minimum absolute atomic E-state index is 0.0208. The summed E-state index contributed by atoms with van der Waals surface area (Å²) < 4.78 is -0.0208. The molecule has 0 saturated heterocycles. The lowest BCUT2D eigenvalue weighted by atomic mass is 10.4. The summed E-state index contributed by atoms with van der Waals surface area (Å²) in [5.74, 6) is 0. The van der Waals surface area contributed by atoms with Gasteiger partial charge in [0.15, 0.2) is 0 Å². The van der Waals surface area contributed by atoms with E-state index in [1.54, 1.807) is 35.3 Å². The van der Waals surface area contributed by atoms with Crippen molar-refractivity contribution in [2.24, 2.45) is 0 Å². The second kappa shape index (κ2) is 3.40. The first-order valence-corrected chi connectivity index (χ1v) is 7.19. The van der Waals surface area contributed by atoms with Gasteiger partial charge in [-0.1, -0.05) is 0 Å². The van der Waals surface area contributed by atoms with Crippen LogP contribution in [-0.2, 0) is 0 Å². The molecule has 66 valence electrons. The second-order valence-corrected chi connectivity index (χ2v) is 6.54. The predicted octanol–water partition coefficient (Wildman–Crippen LogP) is 2.25. The topological polar surface area (TPSA) is 20.2 Å². The van der Waals surface area contributed by atoms with Crippen molar-refractivity contribution < 1.29 is 5.11 Å². The zero-order valence-corrected chi connectivity index (χ0v) is 9.54. The van der Waals surface area contributed by atoms with Crippen LogP contribution in [0.3, 0.4) is 0 Å². The van der Waals surface area contributed by atoms with Crippen LogP contribution >= 0.6 is 35.3 Å². The Morgan fingerprint density at radius 2 is 1.45 bits per heavy atom. The van der Waals surface area contributed by atoms with E-state index in [4.69, 9.17) is 0 Å². The Hall–Kier alpha value is 1.01. The number of aliphatic hydroxyl groups is 1. The van der Waals surface area contributed by atoms with Crippen molar-refractivity contribution in [1.29, 1.82) is 0 Å². The molecule has 1 saturated carbocycles. The first-order valence-electron chi connectivity index (χ1n) is 3.52. The van der Waals surface area contributed by atoms with Crippen LogP contribution < -0.4 is 0 Å². The molecule has 1 N–H and O–H groups in total. The van der Waals surface area contributed by atoms with E-state index in [1.807, 2.05) is 0 Å². The molecule has 0 aliphatic heterocycles. The first-order chi connectivity index (χ1) is 5.14. The fourth-order valence-corrected chi connectivity index (χ4v) is 5.00. The van der Waals surface area contributed by atoms with Gasteiger partial charge in [0.2, 0.25) is 0 Å². The van der Waals surface area contributed by atoms with Gasteiger partial charge in [-0.15, -0.1) is 35.3 Å². The van der Waals surface area contributed by atoms with Crippen molar-refractivity contribution in [1.82, 2.24) is 0 Å². The Labute approximate surface area is 81.1 Å². The van der Waals surface area contributed by atoms with Crippen LogP contribution in [0.5, 0.6) is 0 Å². The first kappa shape index (κ1) is 10.1. The molecule has 1 aliphatic rings. The number of thioether (sulfide) groups is 3. The van der Waals surface area contributed by atoms with E-state index in [-0.39, 0.29) is 3.41 Å². The molecular weight excluding hydrogens is 196 g/mol. The zero-order valence-electron chi connectivity index (χ0n) is 7.09. The summed E-state index contributed by atoms with van der Waals surface area (Å²) in [5.41, 5.74) is -0.398. The van der Waals surface area contributed by atoms with Crippen LogP contribution in [0.25, 0.3) is 0 Å². The van der Waals surface area contributed by atoms with Gasteiger partial charge < -0.3 is 5.11 Å². The Balaban J connectivity index is 2.71. The molecule has 0 aromatic heterocycles. The summed E-state index contributed by atoms with van der Waals surface area (Å²) in [6.45, 7) is 0.